The van der Waals surface area contributed by atoms with Gasteiger partial charge in [0.15, 0.2) is 11.5 Å². The number of hydrogen-bond acceptors (Lipinski definition) is 6. The van der Waals surface area contributed by atoms with Gasteiger partial charge < -0.3 is 24.8 Å². The molecule has 2 N–H and O–H groups in total. The van der Waals surface area contributed by atoms with Gasteiger partial charge in [-0.15, -0.1) is 11.3 Å². The standard InChI is InChI=1S/C18H20N2O4S/c1-22-12-4-2-11(3-5-12)13-8-20(9-14(13)19)18(21)17-16-15(10-25-17)23-6-7-24-16/h2-5,10,13-14H,6-9,19H2,1H3/t13-,14+/m1/s1. The Labute approximate surface area is 150 Å². The van der Waals surface area contributed by atoms with E-state index in [1.807, 2.05) is 34.5 Å². The minimum Gasteiger partial charge on any atom is -0.497 e. The van der Waals surface area contributed by atoms with E-state index in [1.54, 1.807) is 7.11 Å². The Morgan fingerprint density at radius 1 is 1.24 bits per heavy atom. The van der Waals surface area contributed by atoms with E-state index >= 15 is 0 Å². The van der Waals surface area contributed by atoms with Gasteiger partial charge in [0.25, 0.3) is 5.91 Å². The van der Waals surface area contributed by atoms with Gasteiger partial charge in [0.2, 0.25) is 0 Å². The summed E-state index contributed by atoms with van der Waals surface area (Å²) in [5.41, 5.74) is 7.44. The molecule has 2 aliphatic rings. The highest BCUT2D eigenvalue weighted by Crippen LogP contribution is 2.41. The van der Waals surface area contributed by atoms with Crippen molar-refractivity contribution < 1.29 is 19.0 Å². The molecule has 0 unspecified atom stereocenters. The number of benzene rings is 1. The van der Waals surface area contributed by atoms with Crippen LogP contribution >= 0.6 is 11.3 Å². The smallest absolute Gasteiger partial charge is 0.267 e. The number of carbonyl (C=O) groups excluding carboxylic acids is 1. The summed E-state index contributed by atoms with van der Waals surface area (Å²) in [5, 5.41) is 1.83. The maximum atomic E-state index is 12.9. The fourth-order valence-electron chi connectivity index (χ4n) is 3.35. The van der Waals surface area contributed by atoms with E-state index in [2.05, 4.69) is 0 Å². The molecule has 2 atom stereocenters. The monoisotopic (exact) mass is 360 g/mol. The molecule has 132 valence electrons. The fraction of sp³-hybridized carbons (Fsp3) is 0.389. The molecule has 4 rings (SSSR count). The average Bonchev–Trinajstić information content (AvgIpc) is 3.25. The van der Waals surface area contributed by atoms with Gasteiger partial charge in [-0.25, -0.2) is 0 Å². The van der Waals surface area contributed by atoms with E-state index in [1.165, 1.54) is 11.3 Å². The molecule has 0 saturated carbocycles. The predicted molar refractivity (Wildman–Crippen MR) is 94.9 cm³/mol. The number of hydrogen-bond donors (Lipinski definition) is 1. The number of carbonyl (C=O) groups is 1. The molecule has 1 saturated heterocycles. The van der Waals surface area contributed by atoms with Crippen molar-refractivity contribution in [2.24, 2.45) is 5.73 Å². The summed E-state index contributed by atoms with van der Waals surface area (Å²) in [6.45, 7) is 2.12. The van der Waals surface area contributed by atoms with Crippen molar-refractivity contribution in [2.45, 2.75) is 12.0 Å². The molecule has 1 aromatic heterocycles. The lowest BCUT2D eigenvalue weighted by atomic mass is 9.95. The maximum absolute atomic E-state index is 12.9. The first-order valence-corrected chi connectivity index (χ1v) is 9.11. The molecule has 6 nitrogen and oxygen atoms in total. The van der Waals surface area contributed by atoms with Crippen LogP contribution in [0.25, 0.3) is 0 Å². The van der Waals surface area contributed by atoms with Crippen molar-refractivity contribution in [1.29, 1.82) is 0 Å². The van der Waals surface area contributed by atoms with Crippen LogP contribution in [0.3, 0.4) is 0 Å². The van der Waals surface area contributed by atoms with Gasteiger partial charge in [0.1, 0.15) is 23.8 Å². The minimum atomic E-state index is -0.0923. The molecule has 7 heteroatoms. The number of amides is 1. The van der Waals surface area contributed by atoms with Crippen LogP contribution in [0, 0.1) is 0 Å². The molecule has 2 aliphatic heterocycles. The molecule has 0 bridgehead atoms. The zero-order chi connectivity index (χ0) is 17.4. The second-order valence-electron chi connectivity index (χ2n) is 6.21. The van der Waals surface area contributed by atoms with Crippen molar-refractivity contribution in [3.8, 4) is 17.2 Å². The quantitative estimate of drug-likeness (QED) is 0.907. The van der Waals surface area contributed by atoms with Crippen LogP contribution in [0.2, 0.25) is 0 Å². The number of nitrogens with zero attached hydrogens (tertiary/aromatic N) is 1. The van der Waals surface area contributed by atoms with Crippen molar-refractivity contribution in [2.75, 3.05) is 33.4 Å². The van der Waals surface area contributed by atoms with E-state index in [-0.39, 0.29) is 17.9 Å². The highest BCUT2D eigenvalue weighted by Gasteiger charge is 2.36. The number of ether oxygens (including phenoxy) is 3. The van der Waals surface area contributed by atoms with Gasteiger partial charge in [-0.2, -0.15) is 0 Å². The van der Waals surface area contributed by atoms with E-state index in [0.29, 0.717) is 42.7 Å². The van der Waals surface area contributed by atoms with Crippen molar-refractivity contribution in [3.63, 3.8) is 0 Å². The van der Waals surface area contributed by atoms with Crippen LogP contribution in [0.5, 0.6) is 17.2 Å². The van der Waals surface area contributed by atoms with Gasteiger partial charge in [0.05, 0.1) is 7.11 Å². The molecule has 1 amide bonds. The summed E-state index contributed by atoms with van der Waals surface area (Å²) >= 11 is 1.36. The van der Waals surface area contributed by atoms with E-state index in [9.17, 15) is 4.79 Å². The zero-order valence-corrected chi connectivity index (χ0v) is 14.8. The number of fused-ring (bicyclic) bond motifs is 1. The summed E-state index contributed by atoms with van der Waals surface area (Å²) in [6, 6.07) is 7.79. The van der Waals surface area contributed by atoms with Gasteiger partial charge in [-0.05, 0) is 17.7 Å². The minimum absolute atomic E-state index is 0.0387. The SMILES string of the molecule is COc1ccc([C@H]2CN(C(=O)c3scc4c3OCCO4)C[C@@H]2N)cc1. The van der Waals surface area contributed by atoms with Gasteiger partial charge >= 0.3 is 0 Å². The van der Waals surface area contributed by atoms with Crippen LogP contribution in [0.15, 0.2) is 29.6 Å². The van der Waals surface area contributed by atoms with Crippen LogP contribution < -0.4 is 19.9 Å². The molecule has 0 radical (unpaired) electrons. The summed E-state index contributed by atoms with van der Waals surface area (Å²) in [6.07, 6.45) is 0. The number of thiophene rings is 1. The highest BCUT2D eigenvalue weighted by atomic mass is 32.1. The Balaban J connectivity index is 1.52. The lowest BCUT2D eigenvalue weighted by Crippen LogP contribution is -2.32. The van der Waals surface area contributed by atoms with Crippen LogP contribution in [0.1, 0.15) is 21.2 Å². The number of methoxy groups -OCH3 is 1. The van der Waals surface area contributed by atoms with Crippen molar-refractivity contribution in [1.82, 2.24) is 4.90 Å². The fourth-order valence-corrected chi connectivity index (χ4v) is 4.25. The molecule has 25 heavy (non-hydrogen) atoms. The van der Waals surface area contributed by atoms with E-state index in [4.69, 9.17) is 19.9 Å². The van der Waals surface area contributed by atoms with Gasteiger partial charge in [0, 0.05) is 30.4 Å². The number of likely N-dealkylation sites (tertiary alicyclic amines) is 1. The molecule has 2 aromatic rings. The second-order valence-corrected chi connectivity index (χ2v) is 7.09. The lowest BCUT2D eigenvalue weighted by molar-refractivity contribution is 0.0785. The van der Waals surface area contributed by atoms with Gasteiger partial charge in [-0.3, -0.25) is 4.79 Å². The van der Waals surface area contributed by atoms with Gasteiger partial charge in [-0.1, -0.05) is 12.1 Å². The van der Waals surface area contributed by atoms with Crippen LogP contribution in [-0.2, 0) is 0 Å². The third kappa shape index (κ3) is 2.94. The highest BCUT2D eigenvalue weighted by molar-refractivity contribution is 7.12. The molecule has 0 spiro atoms. The molecule has 1 fully saturated rings. The average molecular weight is 360 g/mol. The lowest BCUT2D eigenvalue weighted by Gasteiger charge is -2.19. The molecule has 1 aromatic carbocycles. The summed E-state index contributed by atoms with van der Waals surface area (Å²) in [5.74, 6) is 2.12. The Bertz CT molecular complexity index is 774. The van der Waals surface area contributed by atoms with E-state index < -0.39 is 0 Å². The number of rotatable bonds is 3. The summed E-state index contributed by atoms with van der Waals surface area (Å²) < 4.78 is 16.4. The topological polar surface area (TPSA) is 74.0 Å². The number of nitrogens with two attached hydrogens (primary N) is 1. The summed E-state index contributed by atoms with van der Waals surface area (Å²) in [7, 11) is 1.64. The Hall–Kier alpha value is -2.25. The molecule has 3 heterocycles. The van der Waals surface area contributed by atoms with Crippen LogP contribution in [-0.4, -0.2) is 50.3 Å². The zero-order valence-electron chi connectivity index (χ0n) is 13.9. The molecular formula is C18H20N2O4S. The third-order valence-corrected chi connectivity index (χ3v) is 5.62. The summed E-state index contributed by atoms with van der Waals surface area (Å²) in [4.78, 5) is 15.3. The first kappa shape index (κ1) is 16.2. The first-order valence-electron chi connectivity index (χ1n) is 8.23. The maximum Gasteiger partial charge on any atom is 0.267 e. The Kier molecular flexibility index (Phi) is 4.27. The molecular weight excluding hydrogens is 340 g/mol. The largest absolute Gasteiger partial charge is 0.497 e. The normalized spacial score (nSPS) is 22.1. The third-order valence-electron chi connectivity index (χ3n) is 4.69. The first-order chi connectivity index (χ1) is 12.2. The molecule has 0 aliphatic carbocycles. The predicted octanol–water partition coefficient (Wildman–Crippen LogP) is 2.09. The van der Waals surface area contributed by atoms with Crippen molar-refractivity contribution in [3.05, 3.63) is 40.1 Å². The van der Waals surface area contributed by atoms with E-state index in [0.717, 1.165) is 11.3 Å². The van der Waals surface area contributed by atoms with Crippen LogP contribution in [0.4, 0.5) is 0 Å². The second kappa shape index (κ2) is 6.57. The Morgan fingerprint density at radius 2 is 2.00 bits per heavy atom. The Morgan fingerprint density at radius 3 is 2.76 bits per heavy atom. The van der Waals surface area contributed by atoms with Crippen molar-refractivity contribution >= 4 is 17.2 Å².